The summed E-state index contributed by atoms with van der Waals surface area (Å²) in [5.74, 6) is 0.128. The van der Waals surface area contributed by atoms with Crippen molar-refractivity contribution in [2.75, 3.05) is 7.11 Å². The average Bonchev–Trinajstić information content (AvgIpc) is 3.50. The van der Waals surface area contributed by atoms with Gasteiger partial charge in [-0.25, -0.2) is 0 Å². The van der Waals surface area contributed by atoms with Crippen molar-refractivity contribution < 1.29 is 19.1 Å². The summed E-state index contributed by atoms with van der Waals surface area (Å²) >= 11 is 0. The molecule has 2 aromatic rings. The van der Waals surface area contributed by atoms with Crippen molar-refractivity contribution in [3.63, 3.8) is 0 Å². The summed E-state index contributed by atoms with van der Waals surface area (Å²) in [4.78, 5) is 25.7. The summed E-state index contributed by atoms with van der Waals surface area (Å²) in [7, 11) is 1.53. The molecule has 4 atom stereocenters. The molecule has 2 fully saturated rings. The minimum absolute atomic E-state index is 0.137. The van der Waals surface area contributed by atoms with E-state index in [-0.39, 0.29) is 42.1 Å². The number of fused-ring (bicyclic) bond motifs is 5. The first-order valence-corrected chi connectivity index (χ1v) is 10.5. The number of benzene rings is 2. The lowest BCUT2D eigenvalue weighted by Crippen LogP contribution is -2.28. The molecule has 4 unspecified atom stereocenters. The molecule has 5 rings (SSSR count). The fourth-order valence-electron chi connectivity index (χ4n) is 4.98. The van der Waals surface area contributed by atoms with E-state index in [9.17, 15) is 14.9 Å². The predicted octanol–water partition coefficient (Wildman–Crippen LogP) is 3.29. The monoisotopic (exact) mass is 427 g/mol. The Hall–Kier alpha value is -3.92. The molecule has 1 heterocycles. The maximum absolute atomic E-state index is 12.9. The highest BCUT2D eigenvalue weighted by molar-refractivity contribution is 6.07. The molecule has 7 heteroatoms. The summed E-state index contributed by atoms with van der Waals surface area (Å²) in [6.07, 6.45) is 6.44. The minimum atomic E-state index is -0.293. The van der Waals surface area contributed by atoms with Crippen molar-refractivity contribution in [3.8, 4) is 17.6 Å². The van der Waals surface area contributed by atoms with Crippen LogP contribution >= 0.6 is 0 Å². The van der Waals surface area contributed by atoms with Crippen LogP contribution in [0.1, 0.15) is 23.1 Å². The van der Waals surface area contributed by atoms with Gasteiger partial charge in [-0.3, -0.25) is 9.59 Å². The van der Waals surface area contributed by atoms with Crippen LogP contribution in [-0.4, -0.2) is 30.1 Å². The first-order chi connectivity index (χ1) is 15.6. The molecular weight excluding hydrogens is 406 g/mol. The summed E-state index contributed by atoms with van der Waals surface area (Å²) in [6.45, 7) is 0.158. The lowest BCUT2D eigenvalue weighted by atomic mass is 9.85. The molecule has 2 amide bonds. The van der Waals surface area contributed by atoms with Crippen LogP contribution in [0.4, 0.5) is 0 Å². The van der Waals surface area contributed by atoms with E-state index in [1.807, 2.05) is 12.1 Å². The van der Waals surface area contributed by atoms with Gasteiger partial charge in [0.15, 0.2) is 11.5 Å². The third-order valence-corrected chi connectivity index (χ3v) is 6.50. The summed E-state index contributed by atoms with van der Waals surface area (Å²) in [5, 5.41) is 14.6. The molecule has 7 nitrogen and oxygen atoms in total. The Kier molecular flexibility index (Phi) is 4.98. The molecule has 2 bridgehead atoms. The van der Waals surface area contributed by atoms with Gasteiger partial charge in [-0.1, -0.05) is 36.4 Å². The second kappa shape index (κ2) is 7.97. The molecule has 0 spiro atoms. The Labute approximate surface area is 185 Å². The maximum atomic E-state index is 12.9. The van der Waals surface area contributed by atoms with Crippen LogP contribution in [0, 0.1) is 35.0 Å². The smallest absolute Gasteiger partial charge is 0.254 e. The average molecular weight is 427 g/mol. The highest BCUT2D eigenvalue weighted by atomic mass is 16.5. The number of hydrazone groups is 1. The van der Waals surface area contributed by atoms with Gasteiger partial charge in [-0.05, 0) is 36.5 Å². The van der Waals surface area contributed by atoms with E-state index in [4.69, 9.17) is 9.47 Å². The van der Waals surface area contributed by atoms with Gasteiger partial charge in [-0.15, -0.1) is 0 Å². The lowest BCUT2D eigenvalue weighted by Gasteiger charge is -2.15. The molecular formula is C25H21N3O4. The number of carbonyl (C=O) groups is 2. The first kappa shape index (κ1) is 20.0. The zero-order chi connectivity index (χ0) is 22.2. The van der Waals surface area contributed by atoms with E-state index < -0.39 is 0 Å². The van der Waals surface area contributed by atoms with Crippen molar-refractivity contribution in [1.82, 2.24) is 5.01 Å². The van der Waals surface area contributed by atoms with Gasteiger partial charge in [0.05, 0.1) is 36.8 Å². The number of hydrogen-bond donors (Lipinski definition) is 0. The van der Waals surface area contributed by atoms with E-state index in [0.29, 0.717) is 22.6 Å². The summed E-state index contributed by atoms with van der Waals surface area (Å²) in [5.41, 5.74) is 1.84. The number of hydrogen-bond acceptors (Lipinski definition) is 6. The highest BCUT2D eigenvalue weighted by Gasteiger charge is 2.59. The Bertz CT molecular complexity index is 1170. The van der Waals surface area contributed by atoms with Gasteiger partial charge >= 0.3 is 0 Å². The summed E-state index contributed by atoms with van der Waals surface area (Å²) in [6, 6.07) is 14.6. The van der Waals surface area contributed by atoms with Crippen LogP contribution in [0.5, 0.6) is 11.5 Å². The predicted molar refractivity (Wildman–Crippen MR) is 116 cm³/mol. The molecule has 0 N–H and O–H groups in total. The fraction of sp³-hybridized carbons (Fsp3) is 0.280. The van der Waals surface area contributed by atoms with Crippen molar-refractivity contribution in [2.45, 2.75) is 13.0 Å². The zero-order valence-electron chi connectivity index (χ0n) is 17.5. The van der Waals surface area contributed by atoms with Crippen molar-refractivity contribution in [2.24, 2.45) is 28.8 Å². The van der Waals surface area contributed by atoms with Gasteiger partial charge in [0, 0.05) is 11.1 Å². The fourth-order valence-corrected chi connectivity index (χ4v) is 4.98. The van der Waals surface area contributed by atoms with E-state index in [1.54, 1.807) is 30.3 Å². The van der Waals surface area contributed by atoms with E-state index in [1.165, 1.54) is 13.3 Å². The Morgan fingerprint density at radius 1 is 1.09 bits per heavy atom. The molecule has 32 heavy (non-hydrogen) atoms. The van der Waals surface area contributed by atoms with E-state index in [2.05, 4.69) is 23.3 Å². The molecule has 1 saturated heterocycles. The number of carbonyl (C=O) groups excluding carboxylic acids is 2. The van der Waals surface area contributed by atoms with Gasteiger partial charge in [0.1, 0.15) is 6.61 Å². The molecule has 1 saturated carbocycles. The number of ether oxygens (including phenoxy) is 2. The number of imide groups is 1. The van der Waals surface area contributed by atoms with Gasteiger partial charge < -0.3 is 9.47 Å². The van der Waals surface area contributed by atoms with Crippen LogP contribution in [-0.2, 0) is 16.2 Å². The number of amides is 2. The van der Waals surface area contributed by atoms with E-state index >= 15 is 0 Å². The number of para-hydroxylation sites is 1. The third kappa shape index (κ3) is 3.16. The van der Waals surface area contributed by atoms with Crippen molar-refractivity contribution in [3.05, 3.63) is 71.3 Å². The Balaban J connectivity index is 1.40. The molecule has 160 valence electrons. The zero-order valence-corrected chi connectivity index (χ0v) is 17.5. The maximum Gasteiger partial charge on any atom is 0.254 e. The SMILES string of the molecule is COc1cccc(C=NN2C(=O)C3C4C=CC(C4)C3C2=O)c1OCc1ccccc1C#N. The Morgan fingerprint density at radius 3 is 2.50 bits per heavy atom. The summed E-state index contributed by atoms with van der Waals surface area (Å²) < 4.78 is 11.4. The molecule has 2 aliphatic carbocycles. The second-order valence-electron chi connectivity index (χ2n) is 8.17. The number of nitrogens with zero attached hydrogens (tertiary/aromatic N) is 3. The number of allylic oxidation sites excluding steroid dienone is 2. The third-order valence-electron chi connectivity index (χ3n) is 6.50. The molecule has 0 aromatic heterocycles. The quantitative estimate of drug-likeness (QED) is 0.401. The number of methoxy groups -OCH3 is 1. The van der Waals surface area contributed by atoms with E-state index in [0.717, 1.165) is 17.0 Å². The van der Waals surface area contributed by atoms with Crippen LogP contribution in [0.25, 0.3) is 0 Å². The molecule has 0 radical (unpaired) electrons. The topological polar surface area (TPSA) is 92.0 Å². The van der Waals surface area contributed by atoms with Gasteiger partial charge in [0.2, 0.25) is 0 Å². The molecule has 3 aliphatic rings. The van der Waals surface area contributed by atoms with Gasteiger partial charge in [-0.2, -0.15) is 15.4 Å². The molecule has 2 aromatic carbocycles. The van der Waals surface area contributed by atoms with Crippen LogP contribution in [0.15, 0.2) is 59.7 Å². The van der Waals surface area contributed by atoms with Crippen LogP contribution in [0.3, 0.4) is 0 Å². The van der Waals surface area contributed by atoms with Crippen molar-refractivity contribution >= 4 is 18.0 Å². The molecule has 1 aliphatic heterocycles. The van der Waals surface area contributed by atoms with Crippen molar-refractivity contribution in [1.29, 1.82) is 5.26 Å². The largest absolute Gasteiger partial charge is 0.493 e. The first-order valence-electron chi connectivity index (χ1n) is 10.5. The highest BCUT2D eigenvalue weighted by Crippen LogP contribution is 2.52. The normalized spacial score (nSPS) is 25.4. The Morgan fingerprint density at radius 2 is 1.81 bits per heavy atom. The number of rotatable bonds is 6. The van der Waals surface area contributed by atoms with Crippen LogP contribution < -0.4 is 9.47 Å². The van der Waals surface area contributed by atoms with Crippen LogP contribution in [0.2, 0.25) is 0 Å². The second-order valence-corrected chi connectivity index (χ2v) is 8.17. The standard InChI is InChI=1S/C25H21N3O4/c1-31-20-8-4-7-18(23(20)32-14-19-6-3-2-5-17(19)12-26)13-27-28-24(29)21-15-9-10-16(11-15)22(21)25(28)30/h2-10,13,15-16,21-22H,11,14H2,1H3. The van der Waals surface area contributed by atoms with Gasteiger partial charge in [0.25, 0.3) is 11.8 Å². The minimum Gasteiger partial charge on any atom is -0.493 e. The lowest BCUT2D eigenvalue weighted by molar-refractivity contribution is -0.140. The number of nitriles is 1.